The normalized spacial score (nSPS) is 21.7. The Balaban J connectivity index is 0.841. The number of rotatable bonds is 10. The number of anilines is 1. The molecule has 2 saturated heterocycles. The number of furan rings is 1. The fraction of sp³-hybridized carbons (Fsp3) is 0.486. The van der Waals surface area contributed by atoms with E-state index in [1.807, 2.05) is 39.9 Å². The summed E-state index contributed by atoms with van der Waals surface area (Å²) in [6.45, 7) is 2.47. The lowest BCUT2D eigenvalue weighted by molar-refractivity contribution is -0.122. The topological polar surface area (TPSA) is 143 Å². The molecule has 264 valence electrons. The largest absolute Gasteiger partial charge is 0.493 e. The lowest BCUT2D eigenvalue weighted by Crippen LogP contribution is -2.39. The van der Waals surface area contributed by atoms with Crippen LogP contribution in [0.15, 0.2) is 45.8 Å². The van der Waals surface area contributed by atoms with Gasteiger partial charge in [-0.1, -0.05) is 0 Å². The summed E-state index contributed by atoms with van der Waals surface area (Å²) in [7, 11) is 1.54. The molecule has 0 unspecified atom stereocenters. The summed E-state index contributed by atoms with van der Waals surface area (Å²) in [5.41, 5.74) is 2.27. The van der Waals surface area contributed by atoms with Crippen molar-refractivity contribution in [2.45, 2.75) is 63.5 Å². The van der Waals surface area contributed by atoms with Crippen molar-refractivity contribution in [2.24, 2.45) is 10.9 Å². The first-order valence-electron chi connectivity index (χ1n) is 17.6. The highest BCUT2D eigenvalue weighted by atomic mass is 32.2. The smallest absolute Gasteiger partial charge is 0.289 e. The number of nitrogens with zero attached hydrogens (tertiary/aromatic N) is 3. The van der Waals surface area contributed by atoms with Gasteiger partial charge in [0.1, 0.15) is 5.58 Å². The summed E-state index contributed by atoms with van der Waals surface area (Å²) < 4.78 is 17.4. The molecule has 7 rings (SSSR count). The minimum atomic E-state index is -0.148. The maximum absolute atomic E-state index is 13.1. The number of aliphatic imine (C=N–C) groups is 1. The second-order valence-corrected chi connectivity index (χ2v) is 14.6. The number of carbonyl (C=O) groups excluding carboxylic acids is 4. The van der Waals surface area contributed by atoms with Gasteiger partial charge in [0.15, 0.2) is 17.3 Å². The molecule has 3 aliphatic heterocycles. The minimum absolute atomic E-state index is 0.0247. The predicted octanol–water partition coefficient (Wildman–Crippen LogP) is 5.42. The summed E-state index contributed by atoms with van der Waals surface area (Å²) in [5, 5.41) is 6.96. The Bertz CT molecular complexity index is 1790. The van der Waals surface area contributed by atoms with E-state index in [2.05, 4.69) is 15.6 Å². The number of fused-ring (bicyclic) bond motifs is 3. The van der Waals surface area contributed by atoms with Crippen molar-refractivity contribution in [3.8, 4) is 11.5 Å². The molecule has 2 N–H and O–H groups in total. The van der Waals surface area contributed by atoms with Gasteiger partial charge in [0.25, 0.3) is 11.8 Å². The van der Waals surface area contributed by atoms with Crippen LogP contribution in [0.4, 0.5) is 11.4 Å². The second-order valence-electron chi connectivity index (χ2n) is 13.3. The Morgan fingerprint density at radius 2 is 1.82 bits per heavy atom. The molecule has 3 aromatic rings. The van der Waals surface area contributed by atoms with Crippen LogP contribution in [0.25, 0.3) is 11.0 Å². The van der Waals surface area contributed by atoms with Crippen LogP contribution in [-0.2, 0) is 9.59 Å². The van der Waals surface area contributed by atoms with Gasteiger partial charge in [-0.05, 0) is 69.2 Å². The lowest BCUT2D eigenvalue weighted by Gasteiger charge is -2.28. The van der Waals surface area contributed by atoms with Crippen molar-refractivity contribution in [1.29, 1.82) is 0 Å². The van der Waals surface area contributed by atoms with Gasteiger partial charge in [0.2, 0.25) is 11.8 Å². The van der Waals surface area contributed by atoms with E-state index in [4.69, 9.17) is 13.9 Å². The summed E-state index contributed by atoms with van der Waals surface area (Å²) in [6, 6.07) is 10.7. The van der Waals surface area contributed by atoms with E-state index in [9.17, 15) is 19.2 Å². The van der Waals surface area contributed by atoms with Gasteiger partial charge in [-0.15, -0.1) is 0 Å². The van der Waals surface area contributed by atoms with E-state index in [1.54, 1.807) is 31.4 Å². The molecule has 4 aliphatic rings. The van der Waals surface area contributed by atoms with Crippen molar-refractivity contribution < 1.29 is 33.1 Å². The Kier molecular flexibility index (Phi) is 10.3. The molecule has 1 saturated carbocycles. The van der Waals surface area contributed by atoms with Crippen molar-refractivity contribution in [1.82, 2.24) is 15.1 Å². The van der Waals surface area contributed by atoms with E-state index in [0.29, 0.717) is 72.1 Å². The zero-order chi connectivity index (χ0) is 34.6. The van der Waals surface area contributed by atoms with E-state index >= 15 is 0 Å². The van der Waals surface area contributed by atoms with Gasteiger partial charge in [0, 0.05) is 78.9 Å². The zero-order valence-electron chi connectivity index (χ0n) is 28.3. The van der Waals surface area contributed by atoms with Gasteiger partial charge >= 0.3 is 0 Å². The average Bonchev–Trinajstić information content (AvgIpc) is 3.77. The fourth-order valence-electron chi connectivity index (χ4n) is 7.22. The maximum atomic E-state index is 13.1. The van der Waals surface area contributed by atoms with Crippen molar-refractivity contribution in [2.75, 3.05) is 50.2 Å². The Morgan fingerprint density at radius 3 is 2.62 bits per heavy atom. The standard InChI is InChI=1S/C37H43N5O7S/c1-47-31-20-28-29(38-22-27-4-2-12-42(27)36(28)45)21-32(31)48-15-3-5-34(43)39-25-9-6-23(7-10-25)35(44)40-26-11-8-24-18-33(49-30(24)19-26)37(46)41-13-16-50-17-14-41/h8,11,18-23,25,27H,2-7,9-10,12-17H2,1H3,(H,39,43)(H,40,44)/t23?,25?,27-/m0/s1. The number of amides is 4. The number of carbonyl (C=O) groups is 4. The molecule has 50 heavy (non-hydrogen) atoms. The molecule has 1 aromatic heterocycles. The Hall–Kier alpha value is -4.52. The first kappa shape index (κ1) is 34.0. The third kappa shape index (κ3) is 7.47. The van der Waals surface area contributed by atoms with Crippen LogP contribution in [0.2, 0.25) is 0 Å². The summed E-state index contributed by atoms with van der Waals surface area (Å²) in [4.78, 5) is 60.0. The predicted molar refractivity (Wildman–Crippen MR) is 192 cm³/mol. The van der Waals surface area contributed by atoms with Crippen LogP contribution in [0.5, 0.6) is 11.5 Å². The van der Waals surface area contributed by atoms with Gasteiger partial charge in [-0.25, -0.2) is 0 Å². The number of hydrogen-bond donors (Lipinski definition) is 2. The van der Waals surface area contributed by atoms with Crippen molar-refractivity contribution in [3.63, 3.8) is 0 Å². The van der Waals surface area contributed by atoms with Gasteiger partial charge in [-0.3, -0.25) is 24.2 Å². The quantitative estimate of drug-likeness (QED) is 0.267. The highest BCUT2D eigenvalue weighted by Gasteiger charge is 2.33. The zero-order valence-corrected chi connectivity index (χ0v) is 29.1. The Morgan fingerprint density at radius 1 is 1.00 bits per heavy atom. The molecule has 0 radical (unpaired) electrons. The molecule has 12 nitrogen and oxygen atoms in total. The SMILES string of the molecule is COc1cc2c(cc1OCCCC(=O)NC1CCC(C(=O)Nc3ccc4cc(C(=O)N5CCSCC5)oc4c3)CC1)N=C[C@@H]1CCCN1C2=O. The highest BCUT2D eigenvalue weighted by molar-refractivity contribution is 7.99. The molecule has 0 bridgehead atoms. The number of hydrogen-bond acceptors (Lipinski definition) is 9. The number of benzene rings is 2. The molecule has 4 amide bonds. The molecule has 4 heterocycles. The molecule has 1 aliphatic carbocycles. The minimum Gasteiger partial charge on any atom is -0.493 e. The number of thioether (sulfide) groups is 1. The molecule has 0 spiro atoms. The van der Waals surface area contributed by atoms with E-state index in [1.165, 1.54) is 0 Å². The number of methoxy groups -OCH3 is 1. The lowest BCUT2D eigenvalue weighted by atomic mass is 9.85. The molecular formula is C37H43N5O7S. The summed E-state index contributed by atoms with van der Waals surface area (Å²) in [6.07, 6.45) is 7.35. The summed E-state index contributed by atoms with van der Waals surface area (Å²) >= 11 is 1.85. The number of nitrogens with one attached hydrogen (secondary N) is 2. The number of ether oxygens (including phenoxy) is 2. The third-order valence-corrected chi connectivity index (χ3v) is 11.0. The molecule has 1 atom stereocenters. The third-order valence-electron chi connectivity index (χ3n) is 10.0. The van der Waals surface area contributed by atoms with E-state index in [-0.39, 0.29) is 41.6 Å². The van der Waals surface area contributed by atoms with Crippen molar-refractivity contribution in [3.05, 3.63) is 47.7 Å². The first-order valence-corrected chi connectivity index (χ1v) is 18.7. The van der Waals surface area contributed by atoms with Crippen LogP contribution in [-0.4, -0.2) is 96.6 Å². The van der Waals surface area contributed by atoms with E-state index in [0.717, 1.165) is 62.2 Å². The molecule has 3 fully saturated rings. The van der Waals surface area contributed by atoms with Crippen LogP contribution in [0.3, 0.4) is 0 Å². The van der Waals surface area contributed by atoms with Crippen LogP contribution in [0.1, 0.15) is 72.3 Å². The summed E-state index contributed by atoms with van der Waals surface area (Å²) in [5.74, 6) is 2.75. The van der Waals surface area contributed by atoms with Gasteiger partial charge < -0.3 is 34.3 Å². The van der Waals surface area contributed by atoms with Crippen LogP contribution < -0.4 is 20.1 Å². The Labute approximate surface area is 295 Å². The first-order chi connectivity index (χ1) is 24.4. The van der Waals surface area contributed by atoms with Crippen molar-refractivity contribution >= 4 is 63.9 Å². The molecular weight excluding hydrogens is 659 g/mol. The molecule has 2 aromatic carbocycles. The highest BCUT2D eigenvalue weighted by Crippen LogP contribution is 2.38. The van der Waals surface area contributed by atoms with Crippen LogP contribution in [0, 0.1) is 5.92 Å². The van der Waals surface area contributed by atoms with E-state index < -0.39 is 0 Å². The fourth-order valence-corrected chi connectivity index (χ4v) is 8.12. The molecule has 13 heteroatoms. The average molecular weight is 702 g/mol. The second kappa shape index (κ2) is 15.2. The van der Waals surface area contributed by atoms with Gasteiger partial charge in [-0.2, -0.15) is 11.8 Å². The monoisotopic (exact) mass is 701 g/mol. The van der Waals surface area contributed by atoms with Crippen LogP contribution >= 0.6 is 11.8 Å². The maximum Gasteiger partial charge on any atom is 0.289 e. The van der Waals surface area contributed by atoms with Gasteiger partial charge in [0.05, 0.1) is 31.0 Å².